The van der Waals surface area contributed by atoms with Crippen molar-refractivity contribution in [1.29, 1.82) is 0 Å². The van der Waals surface area contributed by atoms with Crippen molar-refractivity contribution in [2.45, 2.75) is 38.8 Å². The van der Waals surface area contributed by atoms with E-state index >= 15 is 0 Å². The number of likely N-dealkylation sites (N-methyl/N-ethyl adjacent to an activating group) is 1. The molecule has 0 aromatic carbocycles. The Hall–Kier alpha value is -0.0800. The minimum atomic E-state index is -0.0730. The number of aliphatic hydroxyl groups is 1. The molecule has 1 saturated heterocycles. The zero-order valence-electron chi connectivity index (χ0n) is 6.88. The zero-order valence-corrected chi connectivity index (χ0v) is 6.88. The minimum Gasteiger partial charge on any atom is -0.392 e. The summed E-state index contributed by atoms with van der Waals surface area (Å²) < 4.78 is 0. The van der Waals surface area contributed by atoms with Crippen molar-refractivity contribution in [3.63, 3.8) is 0 Å². The SMILES string of the molecule is CCN1CC(O)CCC1C. The molecule has 0 bridgehead atoms. The van der Waals surface area contributed by atoms with Crippen LogP contribution in [0.15, 0.2) is 0 Å². The van der Waals surface area contributed by atoms with Gasteiger partial charge < -0.3 is 5.11 Å². The molecule has 10 heavy (non-hydrogen) atoms. The van der Waals surface area contributed by atoms with Crippen molar-refractivity contribution in [3.05, 3.63) is 0 Å². The third kappa shape index (κ3) is 1.70. The maximum atomic E-state index is 9.29. The van der Waals surface area contributed by atoms with Crippen LogP contribution in [-0.4, -0.2) is 35.2 Å². The van der Waals surface area contributed by atoms with Gasteiger partial charge in [0.25, 0.3) is 0 Å². The third-order valence-corrected chi connectivity index (χ3v) is 2.39. The monoisotopic (exact) mass is 143 g/mol. The quantitative estimate of drug-likeness (QED) is 0.588. The van der Waals surface area contributed by atoms with Crippen molar-refractivity contribution in [3.8, 4) is 0 Å². The summed E-state index contributed by atoms with van der Waals surface area (Å²) >= 11 is 0. The van der Waals surface area contributed by atoms with Crippen molar-refractivity contribution >= 4 is 0 Å². The van der Waals surface area contributed by atoms with Gasteiger partial charge in [-0.25, -0.2) is 0 Å². The van der Waals surface area contributed by atoms with Crippen molar-refractivity contribution < 1.29 is 5.11 Å². The molecule has 1 N–H and O–H groups in total. The van der Waals surface area contributed by atoms with E-state index in [-0.39, 0.29) is 6.10 Å². The maximum Gasteiger partial charge on any atom is 0.0667 e. The van der Waals surface area contributed by atoms with E-state index in [2.05, 4.69) is 18.7 Å². The topological polar surface area (TPSA) is 23.5 Å². The van der Waals surface area contributed by atoms with Gasteiger partial charge in [-0.15, -0.1) is 0 Å². The van der Waals surface area contributed by atoms with E-state index in [1.54, 1.807) is 0 Å². The van der Waals surface area contributed by atoms with Crippen LogP contribution >= 0.6 is 0 Å². The fourth-order valence-electron chi connectivity index (χ4n) is 1.60. The lowest BCUT2D eigenvalue weighted by Gasteiger charge is -2.34. The number of hydrogen-bond acceptors (Lipinski definition) is 2. The van der Waals surface area contributed by atoms with Crippen LogP contribution in [0, 0.1) is 0 Å². The molecule has 1 rings (SSSR count). The third-order valence-electron chi connectivity index (χ3n) is 2.39. The van der Waals surface area contributed by atoms with Crippen molar-refractivity contribution in [1.82, 2.24) is 4.90 Å². The molecule has 0 aliphatic carbocycles. The first kappa shape index (κ1) is 8.02. The van der Waals surface area contributed by atoms with Crippen molar-refractivity contribution in [2.24, 2.45) is 0 Å². The van der Waals surface area contributed by atoms with Crippen LogP contribution in [0.3, 0.4) is 0 Å². The second-order valence-electron chi connectivity index (χ2n) is 3.17. The molecule has 2 nitrogen and oxygen atoms in total. The van der Waals surface area contributed by atoms with Crippen LogP contribution in [0.2, 0.25) is 0 Å². The summed E-state index contributed by atoms with van der Waals surface area (Å²) in [6.45, 7) is 6.32. The molecule has 1 aliphatic heterocycles. The molecule has 2 unspecified atom stereocenters. The Balaban J connectivity index is 2.38. The van der Waals surface area contributed by atoms with Crippen molar-refractivity contribution in [2.75, 3.05) is 13.1 Å². The Kier molecular flexibility index (Phi) is 2.69. The summed E-state index contributed by atoms with van der Waals surface area (Å²) in [6.07, 6.45) is 2.06. The molecular formula is C8H17NO. The number of β-amino-alcohol motifs (C(OH)–C–C–N with tert-alkyl or cyclic N) is 1. The fraction of sp³-hybridized carbons (Fsp3) is 1.00. The van der Waals surface area contributed by atoms with Crippen LogP contribution in [-0.2, 0) is 0 Å². The molecule has 2 heteroatoms. The number of nitrogens with zero attached hydrogens (tertiary/aromatic N) is 1. The Morgan fingerprint density at radius 3 is 2.70 bits per heavy atom. The number of rotatable bonds is 1. The molecule has 1 fully saturated rings. The normalized spacial score (nSPS) is 36.3. The zero-order chi connectivity index (χ0) is 7.56. The molecule has 0 radical (unpaired) electrons. The van der Waals surface area contributed by atoms with E-state index in [0.717, 1.165) is 25.9 Å². The second kappa shape index (κ2) is 3.35. The molecule has 2 atom stereocenters. The highest BCUT2D eigenvalue weighted by Gasteiger charge is 2.21. The molecule has 0 amide bonds. The first-order chi connectivity index (χ1) is 4.74. The van der Waals surface area contributed by atoms with Gasteiger partial charge in [0.1, 0.15) is 0 Å². The van der Waals surface area contributed by atoms with Crippen LogP contribution in [0.4, 0.5) is 0 Å². The smallest absolute Gasteiger partial charge is 0.0667 e. The van der Waals surface area contributed by atoms with Crippen LogP contribution in [0.1, 0.15) is 26.7 Å². The van der Waals surface area contributed by atoms with E-state index in [1.807, 2.05) is 0 Å². The van der Waals surface area contributed by atoms with Gasteiger partial charge in [0.15, 0.2) is 0 Å². The number of piperidine rings is 1. The molecular weight excluding hydrogens is 126 g/mol. The van der Waals surface area contributed by atoms with Gasteiger partial charge in [0.05, 0.1) is 6.10 Å². The average Bonchev–Trinajstić information content (AvgIpc) is 1.94. The van der Waals surface area contributed by atoms with E-state index in [0.29, 0.717) is 6.04 Å². The molecule has 60 valence electrons. The van der Waals surface area contributed by atoms with Gasteiger partial charge in [-0.1, -0.05) is 6.92 Å². The van der Waals surface area contributed by atoms with Gasteiger partial charge >= 0.3 is 0 Å². The lowest BCUT2D eigenvalue weighted by atomic mass is 10.0. The fourth-order valence-corrected chi connectivity index (χ4v) is 1.60. The minimum absolute atomic E-state index is 0.0730. The standard InChI is InChI=1S/C8H17NO/c1-3-9-6-8(10)5-4-7(9)2/h7-8,10H,3-6H2,1-2H3. The van der Waals surface area contributed by atoms with Gasteiger partial charge in [0.2, 0.25) is 0 Å². The summed E-state index contributed by atoms with van der Waals surface area (Å²) in [5.41, 5.74) is 0. The van der Waals surface area contributed by atoms with Gasteiger partial charge in [-0.3, -0.25) is 4.90 Å². The maximum absolute atomic E-state index is 9.29. The Bertz CT molecular complexity index is 105. The first-order valence-corrected chi connectivity index (χ1v) is 4.16. The van der Waals surface area contributed by atoms with E-state index in [9.17, 15) is 5.11 Å². The molecule has 0 aromatic heterocycles. The Labute approximate surface area is 62.8 Å². The molecule has 0 spiro atoms. The number of hydrogen-bond donors (Lipinski definition) is 1. The summed E-state index contributed by atoms with van der Waals surface area (Å²) in [6, 6.07) is 0.674. The molecule has 0 saturated carbocycles. The predicted molar refractivity (Wildman–Crippen MR) is 41.9 cm³/mol. The van der Waals surface area contributed by atoms with E-state index < -0.39 is 0 Å². The predicted octanol–water partition coefficient (Wildman–Crippen LogP) is 0.851. The Morgan fingerprint density at radius 2 is 2.20 bits per heavy atom. The molecule has 1 heterocycles. The van der Waals surface area contributed by atoms with Gasteiger partial charge in [-0.05, 0) is 26.3 Å². The van der Waals surface area contributed by atoms with Crippen LogP contribution in [0.25, 0.3) is 0 Å². The number of aliphatic hydroxyl groups excluding tert-OH is 1. The van der Waals surface area contributed by atoms with Crippen LogP contribution in [0.5, 0.6) is 0 Å². The van der Waals surface area contributed by atoms with Crippen LogP contribution < -0.4 is 0 Å². The largest absolute Gasteiger partial charge is 0.392 e. The number of likely N-dealkylation sites (tertiary alicyclic amines) is 1. The summed E-state index contributed by atoms with van der Waals surface area (Å²) in [5.74, 6) is 0. The first-order valence-electron chi connectivity index (χ1n) is 4.16. The second-order valence-corrected chi connectivity index (χ2v) is 3.17. The van der Waals surface area contributed by atoms with Gasteiger partial charge in [-0.2, -0.15) is 0 Å². The lowest BCUT2D eigenvalue weighted by Crippen LogP contribution is -2.43. The Morgan fingerprint density at radius 1 is 1.50 bits per heavy atom. The lowest BCUT2D eigenvalue weighted by molar-refractivity contribution is 0.0444. The summed E-state index contributed by atoms with van der Waals surface area (Å²) in [7, 11) is 0. The van der Waals surface area contributed by atoms with E-state index in [1.165, 1.54) is 0 Å². The highest BCUT2D eigenvalue weighted by molar-refractivity contribution is 4.76. The van der Waals surface area contributed by atoms with E-state index in [4.69, 9.17) is 0 Å². The highest BCUT2D eigenvalue weighted by atomic mass is 16.3. The molecule has 1 aliphatic rings. The van der Waals surface area contributed by atoms with Gasteiger partial charge in [0, 0.05) is 12.6 Å². The summed E-state index contributed by atoms with van der Waals surface area (Å²) in [5, 5.41) is 9.29. The summed E-state index contributed by atoms with van der Waals surface area (Å²) in [4.78, 5) is 2.33. The highest BCUT2D eigenvalue weighted by Crippen LogP contribution is 2.15. The molecule has 0 aromatic rings. The average molecular weight is 143 g/mol.